The first-order chi connectivity index (χ1) is 4.27. The van der Waals surface area contributed by atoms with Crippen molar-refractivity contribution in [2.75, 3.05) is 20.3 Å². The Labute approximate surface area is 68.7 Å². The zero-order valence-electron chi connectivity index (χ0n) is 6.64. The second-order valence-corrected chi connectivity index (χ2v) is 2.92. The second kappa shape index (κ2) is 4.16. The smallest absolute Gasteiger partial charge is 0.0483 e. The van der Waals surface area contributed by atoms with Gasteiger partial charge in [-0.2, -0.15) is 0 Å². The number of hydrogen-bond acceptors (Lipinski definition) is 2. The van der Waals surface area contributed by atoms with E-state index in [0.29, 0.717) is 5.54 Å². The fraction of sp³-hybridized carbons (Fsp3) is 1.00. The molecule has 0 spiro atoms. The molecule has 0 radical (unpaired) electrons. The zero-order valence-corrected chi connectivity index (χ0v) is 7.46. The van der Waals surface area contributed by atoms with Gasteiger partial charge < -0.3 is 10.1 Å². The summed E-state index contributed by atoms with van der Waals surface area (Å²) >= 11 is 0. The van der Waals surface area contributed by atoms with E-state index in [1.165, 1.54) is 0 Å². The Morgan fingerprint density at radius 3 is 2.10 bits per heavy atom. The average molecular weight is 166 g/mol. The van der Waals surface area contributed by atoms with Crippen LogP contribution in [0.2, 0.25) is 0 Å². The summed E-state index contributed by atoms with van der Waals surface area (Å²) < 4.78 is 5.23. The first kappa shape index (κ1) is 10.2. The third-order valence-corrected chi connectivity index (χ3v) is 2.20. The molecule has 2 nitrogen and oxygen atoms in total. The maximum atomic E-state index is 5.23. The number of ether oxygens (including phenoxy) is 1. The molecule has 1 aliphatic rings. The Kier molecular flexibility index (Phi) is 4.25. The zero-order chi connectivity index (χ0) is 6.74. The topological polar surface area (TPSA) is 21.3 Å². The Morgan fingerprint density at radius 1 is 1.30 bits per heavy atom. The highest BCUT2D eigenvalue weighted by atomic mass is 35.5. The predicted octanol–water partition coefficient (Wildman–Crippen LogP) is 1.20. The molecule has 0 unspecified atom stereocenters. The van der Waals surface area contributed by atoms with E-state index in [4.69, 9.17) is 4.74 Å². The molecule has 1 saturated heterocycles. The maximum absolute atomic E-state index is 5.23. The molecular formula is C7H16ClNO. The molecule has 0 atom stereocenters. The number of rotatable bonds is 1. The number of halogens is 1. The summed E-state index contributed by atoms with van der Waals surface area (Å²) in [4.78, 5) is 0. The van der Waals surface area contributed by atoms with Gasteiger partial charge in [-0.3, -0.25) is 0 Å². The first-order valence-corrected chi connectivity index (χ1v) is 3.53. The second-order valence-electron chi connectivity index (χ2n) is 2.92. The summed E-state index contributed by atoms with van der Waals surface area (Å²) in [6, 6.07) is 0. The molecular weight excluding hydrogens is 150 g/mol. The van der Waals surface area contributed by atoms with E-state index >= 15 is 0 Å². The van der Waals surface area contributed by atoms with Gasteiger partial charge in [-0.1, -0.05) is 0 Å². The summed E-state index contributed by atoms with van der Waals surface area (Å²) in [5.41, 5.74) is 0.345. The van der Waals surface area contributed by atoms with Crippen molar-refractivity contribution in [3.63, 3.8) is 0 Å². The molecule has 0 aromatic carbocycles. The molecule has 1 fully saturated rings. The van der Waals surface area contributed by atoms with Crippen molar-refractivity contribution in [2.24, 2.45) is 0 Å². The molecule has 0 bridgehead atoms. The molecule has 0 amide bonds. The highest BCUT2D eigenvalue weighted by Gasteiger charge is 2.24. The summed E-state index contributed by atoms with van der Waals surface area (Å²) in [5, 5.41) is 3.30. The minimum Gasteiger partial charge on any atom is -0.381 e. The lowest BCUT2D eigenvalue weighted by molar-refractivity contribution is 0.0483. The van der Waals surface area contributed by atoms with Crippen molar-refractivity contribution < 1.29 is 4.74 Å². The van der Waals surface area contributed by atoms with Crippen LogP contribution in [0.15, 0.2) is 0 Å². The molecule has 10 heavy (non-hydrogen) atoms. The highest BCUT2D eigenvalue weighted by molar-refractivity contribution is 5.85. The van der Waals surface area contributed by atoms with Crippen LogP contribution < -0.4 is 5.32 Å². The van der Waals surface area contributed by atoms with Gasteiger partial charge in [0.15, 0.2) is 0 Å². The van der Waals surface area contributed by atoms with Gasteiger partial charge in [0.25, 0.3) is 0 Å². The lowest BCUT2D eigenvalue weighted by Crippen LogP contribution is -2.44. The van der Waals surface area contributed by atoms with Gasteiger partial charge in [0.05, 0.1) is 0 Å². The SMILES string of the molecule is CNC1(C)CCOCC1.Cl. The largest absolute Gasteiger partial charge is 0.381 e. The van der Waals surface area contributed by atoms with Crippen LogP contribution in [0.4, 0.5) is 0 Å². The van der Waals surface area contributed by atoms with Gasteiger partial charge in [-0.15, -0.1) is 12.4 Å². The lowest BCUT2D eigenvalue weighted by atomic mass is 9.93. The molecule has 0 saturated carbocycles. The van der Waals surface area contributed by atoms with Gasteiger partial charge in [0.1, 0.15) is 0 Å². The summed E-state index contributed by atoms with van der Waals surface area (Å²) in [5.74, 6) is 0. The van der Waals surface area contributed by atoms with Crippen molar-refractivity contribution in [2.45, 2.75) is 25.3 Å². The van der Waals surface area contributed by atoms with Crippen molar-refractivity contribution in [1.82, 2.24) is 5.32 Å². The molecule has 0 aliphatic carbocycles. The normalized spacial score (nSPS) is 23.4. The van der Waals surface area contributed by atoms with Gasteiger partial charge in [-0.25, -0.2) is 0 Å². The third kappa shape index (κ3) is 2.45. The first-order valence-electron chi connectivity index (χ1n) is 3.53. The van der Waals surface area contributed by atoms with Gasteiger partial charge in [-0.05, 0) is 26.8 Å². The predicted molar refractivity (Wildman–Crippen MR) is 44.8 cm³/mol. The van der Waals surface area contributed by atoms with Crippen LogP contribution in [0, 0.1) is 0 Å². The molecule has 3 heteroatoms. The van der Waals surface area contributed by atoms with Gasteiger partial charge >= 0.3 is 0 Å². The van der Waals surface area contributed by atoms with Crippen molar-refractivity contribution in [3.05, 3.63) is 0 Å². The summed E-state index contributed by atoms with van der Waals surface area (Å²) in [7, 11) is 2.02. The standard InChI is InChI=1S/C7H15NO.ClH/c1-7(8-2)3-5-9-6-4-7;/h8H,3-6H2,1-2H3;1H. The molecule has 1 N–H and O–H groups in total. The van der Waals surface area contributed by atoms with Gasteiger partial charge in [0.2, 0.25) is 0 Å². The van der Waals surface area contributed by atoms with E-state index in [1.807, 2.05) is 7.05 Å². The van der Waals surface area contributed by atoms with Crippen LogP contribution in [-0.2, 0) is 4.74 Å². The van der Waals surface area contributed by atoms with Crippen molar-refractivity contribution >= 4 is 12.4 Å². The average Bonchev–Trinajstić information content (AvgIpc) is 1.90. The molecule has 1 heterocycles. The van der Waals surface area contributed by atoms with E-state index in [0.717, 1.165) is 26.1 Å². The Hall–Kier alpha value is 0.210. The van der Waals surface area contributed by atoms with Crippen LogP contribution in [-0.4, -0.2) is 25.8 Å². The minimum atomic E-state index is 0. The Morgan fingerprint density at radius 2 is 1.80 bits per heavy atom. The summed E-state index contributed by atoms with van der Waals surface area (Å²) in [6.45, 7) is 4.07. The monoisotopic (exact) mass is 165 g/mol. The van der Waals surface area contributed by atoms with E-state index < -0.39 is 0 Å². The number of nitrogens with one attached hydrogen (secondary N) is 1. The Bertz CT molecular complexity index is 91.6. The quantitative estimate of drug-likeness (QED) is 0.631. The Balaban J connectivity index is 0.000000810. The van der Waals surface area contributed by atoms with Crippen LogP contribution in [0.5, 0.6) is 0 Å². The van der Waals surface area contributed by atoms with E-state index in [2.05, 4.69) is 12.2 Å². The fourth-order valence-electron chi connectivity index (χ4n) is 1.07. The van der Waals surface area contributed by atoms with Crippen LogP contribution in [0.3, 0.4) is 0 Å². The van der Waals surface area contributed by atoms with Crippen LogP contribution in [0.25, 0.3) is 0 Å². The van der Waals surface area contributed by atoms with Crippen LogP contribution >= 0.6 is 12.4 Å². The van der Waals surface area contributed by atoms with E-state index in [1.54, 1.807) is 0 Å². The molecule has 1 rings (SSSR count). The van der Waals surface area contributed by atoms with Crippen LogP contribution in [0.1, 0.15) is 19.8 Å². The van der Waals surface area contributed by atoms with Crippen molar-refractivity contribution in [1.29, 1.82) is 0 Å². The van der Waals surface area contributed by atoms with E-state index in [9.17, 15) is 0 Å². The summed E-state index contributed by atoms with van der Waals surface area (Å²) in [6.07, 6.45) is 2.28. The third-order valence-electron chi connectivity index (χ3n) is 2.20. The van der Waals surface area contributed by atoms with Crippen molar-refractivity contribution in [3.8, 4) is 0 Å². The number of hydrogen-bond donors (Lipinski definition) is 1. The molecule has 0 aromatic heterocycles. The van der Waals surface area contributed by atoms with Gasteiger partial charge in [0, 0.05) is 18.8 Å². The lowest BCUT2D eigenvalue weighted by Gasteiger charge is -2.32. The molecule has 62 valence electrons. The maximum Gasteiger partial charge on any atom is 0.0483 e. The minimum absolute atomic E-state index is 0. The molecule has 0 aromatic rings. The highest BCUT2D eigenvalue weighted by Crippen LogP contribution is 2.18. The van der Waals surface area contributed by atoms with E-state index in [-0.39, 0.29) is 12.4 Å². The molecule has 1 aliphatic heterocycles. The fourth-order valence-corrected chi connectivity index (χ4v) is 1.07.